The van der Waals surface area contributed by atoms with E-state index in [4.69, 9.17) is 5.73 Å². The van der Waals surface area contributed by atoms with Gasteiger partial charge in [0.25, 0.3) is 0 Å². The third-order valence-corrected chi connectivity index (χ3v) is 2.57. The van der Waals surface area contributed by atoms with Crippen molar-refractivity contribution in [2.45, 2.75) is 13.0 Å². The molecule has 1 aliphatic rings. The zero-order valence-electron chi connectivity index (χ0n) is 8.40. The monoisotopic (exact) mass is 192 g/mol. The Labute approximate surface area is 84.1 Å². The molecule has 76 valence electrons. The first-order chi connectivity index (χ1) is 6.77. The van der Waals surface area contributed by atoms with Gasteiger partial charge in [-0.2, -0.15) is 0 Å². The standard InChI is InChI=1S/C10H16N4/c1-8-6-12-4-5-14(8)10-3-2-9(11)7-13-10/h2-3,7-8,12H,4-6,11H2,1H3/t8-/m1/s1. The van der Waals surface area contributed by atoms with Gasteiger partial charge in [-0.25, -0.2) is 4.98 Å². The lowest BCUT2D eigenvalue weighted by molar-refractivity contribution is 0.497. The predicted molar refractivity (Wildman–Crippen MR) is 58.3 cm³/mol. The van der Waals surface area contributed by atoms with Gasteiger partial charge in [0.05, 0.1) is 11.9 Å². The van der Waals surface area contributed by atoms with E-state index in [1.807, 2.05) is 12.1 Å². The average molecular weight is 192 g/mol. The molecule has 1 aromatic heterocycles. The maximum Gasteiger partial charge on any atom is 0.128 e. The van der Waals surface area contributed by atoms with Crippen LogP contribution in [0.5, 0.6) is 0 Å². The fraction of sp³-hybridized carbons (Fsp3) is 0.500. The quantitative estimate of drug-likeness (QED) is 0.679. The van der Waals surface area contributed by atoms with Gasteiger partial charge in [-0.1, -0.05) is 0 Å². The Hall–Kier alpha value is -1.29. The van der Waals surface area contributed by atoms with Crippen LogP contribution in [0, 0.1) is 0 Å². The van der Waals surface area contributed by atoms with Crippen molar-refractivity contribution in [3.63, 3.8) is 0 Å². The number of nitrogens with zero attached hydrogens (tertiary/aromatic N) is 2. The lowest BCUT2D eigenvalue weighted by Crippen LogP contribution is -2.50. The third-order valence-electron chi connectivity index (χ3n) is 2.57. The van der Waals surface area contributed by atoms with E-state index in [0.717, 1.165) is 31.1 Å². The first-order valence-electron chi connectivity index (χ1n) is 4.96. The molecule has 0 amide bonds. The van der Waals surface area contributed by atoms with E-state index in [9.17, 15) is 0 Å². The molecule has 14 heavy (non-hydrogen) atoms. The lowest BCUT2D eigenvalue weighted by atomic mass is 10.2. The van der Waals surface area contributed by atoms with Crippen LogP contribution in [-0.4, -0.2) is 30.7 Å². The molecular formula is C10H16N4. The normalized spacial score (nSPS) is 22.4. The fourth-order valence-electron chi connectivity index (χ4n) is 1.75. The van der Waals surface area contributed by atoms with Crippen LogP contribution in [0.4, 0.5) is 11.5 Å². The smallest absolute Gasteiger partial charge is 0.128 e. The number of hydrogen-bond donors (Lipinski definition) is 2. The number of rotatable bonds is 1. The van der Waals surface area contributed by atoms with Crippen molar-refractivity contribution in [2.75, 3.05) is 30.3 Å². The van der Waals surface area contributed by atoms with Gasteiger partial charge in [0.1, 0.15) is 5.82 Å². The fourth-order valence-corrected chi connectivity index (χ4v) is 1.75. The Balaban J connectivity index is 2.16. The summed E-state index contributed by atoms with van der Waals surface area (Å²) in [5.41, 5.74) is 6.32. The van der Waals surface area contributed by atoms with Crippen molar-refractivity contribution in [3.05, 3.63) is 18.3 Å². The van der Waals surface area contributed by atoms with Gasteiger partial charge in [0.15, 0.2) is 0 Å². The molecule has 4 heteroatoms. The number of aromatic nitrogens is 1. The molecule has 2 rings (SSSR count). The van der Waals surface area contributed by atoms with Crippen molar-refractivity contribution in [3.8, 4) is 0 Å². The second-order valence-electron chi connectivity index (χ2n) is 3.70. The van der Waals surface area contributed by atoms with E-state index in [1.54, 1.807) is 6.20 Å². The number of pyridine rings is 1. The van der Waals surface area contributed by atoms with Crippen molar-refractivity contribution in [1.29, 1.82) is 0 Å². The van der Waals surface area contributed by atoms with Crippen LogP contribution in [0.1, 0.15) is 6.92 Å². The van der Waals surface area contributed by atoms with Gasteiger partial charge in [-0.3, -0.25) is 0 Å². The number of nitrogens with two attached hydrogens (primary N) is 1. The number of hydrogen-bond acceptors (Lipinski definition) is 4. The van der Waals surface area contributed by atoms with Gasteiger partial charge in [-0.05, 0) is 19.1 Å². The van der Waals surface area contributed by atoms with Gasteiger partial charge < -0.3 is 16.0 Å². The highest BCUT2D eigenvalue weighted by Crippen LogP contribution is 2.15. The molecule has 1 saturated heterocycles. The summed E-state index contributed by atoms with van der Waals surface area (Å²) >= 11 is 0. The lowest BCUT2D eigenvalue weighted by Gasteiger charge is -2.34. The topological polar surface area (TPSA) is 54.2 Å². The highest BCUT2D eigenvalue weighted by molar-refractivity contribution is 5.46. The predicted octanol–water partition coefficient (Wildman–Crippen LogP) is 0.462. The Morgan fingerprint density at radius 3 is 3.07 bits per heavy atom. The molecule has 0 radical (unpaired) electrons. The van der Waals surface area contributed by atoms with Crippen LogP contribution >= 0.6 is 0 Å². The number of piperazine rings is 1. The molecule has 0 unspecified atom stereocenters. The summed E-state index contributed by atoms with van der Waals surface area (Å²) in [6.45, 7) is 5.25. The largest absolute Gasteiger partial charge is 0.397 e. The minimum Gasteiger partial charge on any atom is -0.397 e. The number of nitrogens with one attached hydrogen (secondary N) is 1. The SMILES string of the molecule is C[C@@H]1CNCCN1c1ccc(N)cn1. The molecule has 4 nitrogen and oxygen atoms in total. The maximum absolute atomic E-state index is 5.60. The average Bonchev–Trinajstić information content (AvgIpc) is 2.20. The molecule has 1 atom stereocenters. The van der Waals surface area contributed by atoms with Crippen molar-refractivity contribution < 1.29 is 0 Å². The molecule has 0 spiro atoms. The highest BCUT2D eigenvalue weighted by atomic mass is 15.3. The molecule has 1 aromatic rings. The molecule has 3 N–H and O–H groups in total. The van der Waals surface area contributed by atoms with Crippen molar-refractivity contribution in [1.82, 2.24) is 10.3 Å². The summed E-state index contributed by atoms with van der Waals surface area (Å²) in [6.07, 6.45) is 1.71. The third kappa shape index (κ3) is 1.80. The van der Waals surface area contributed by atoms with Crippen molar-refractivity contribution in [2.24, 2.45) is 0 Å². The van der Waals surface area contributed by atoms with E-state index in [-0.39, 0.29) is 0 Å². The Kier molecular flexibility index (Phi) is 2.54. The number of nitrogen functional groups attached to an aromatic ring is 1. The molecule has 0 saturated carbocycles. The van der Waals surface area contributed by atoms with Crippen LogP contribution in [0.15, 0.2) is 18.3 Å². The minimum atomic E-state index is 0.500. The van der Waals surface area contributed by atoms with E-state index < -0.39 is 0 Å². The zero-order chi connectivity index (χ0) is 9.97. The van der Waals surface area contributed by atoms with Crippen LogP contribution in [0.3, 0.4) is 0 Å². The first-order valence-corrected chi connectivity index (χ1v) is 4.96. The molecule has 0 aliphatic carbocycles. The van der Waals surface area contributed by atoms with Gasteiger partial charge >= 0.3 is 0 Å². The van der Waals surface area contributed by atoms with Crippen LogP contribution in [0.25, 0.3) is 0 Å². The summed E-state index contributed by atoms with van der Waals surface area (Å²) in [5, 5.41) is 3.35. The highest BCUT2D eigenvalue weighted by Gasteiger charge is 2.18. The van der Waals surface area contributed by atoms with E-state index in [2.05, 4.69) is 22.1 Å². The maximum atomic E-state index is 5.60. The van der Waals surface area contributed by atoms with E-state index in [1.165, 1.54) is 0 Å². The Morgan fingerprint density at radius 2 is 2.43 bits per heavy atom. The van der Waals surface area contributed by atoms with Crippen LogP contribution in [0.2, 0.25) is 0 Å². The summed E-state index contributed by atoms with van der Waals surface area (Å²) in [5.74, 6) is 1.02. The minimum absolute atomic E-state index is 0.500. The van der Waals surface area contributed by atoms with E-state index >= 15 is 0 Å². The molecule has 0 bridgehead atoms. The first kappa shape index (κ1) is 9.27. The second-order valence-corrected chi connectivity index (χ2v) is 3.70. The molecule has 1 fully saturated rings. The molecule has 2 heterocycles. The van der Waals surface area contributed by atoms with Crippen LogP contribution < -0.4 is 16.0 Å². The zero-order valence-corrected chi connectivity index (χ0v) is 8.40. The molecular weight excluding hydrogens is 176 g/mol. The van der Waals surface area contributed by atoms with Gasteiger partial charge in [0.2, 0.25) is 0 Å². The summed E-state index contributed by atoms with van der Waals surface area (Å²) in [7, 11) is 0. The number of anilines is 2. The van der Waals surface area contributed by atoms with Crippen LogP contribution in [-0.2, 0) is 0 Å². The second kappa shape index (κ2) is 3.84. The molecule has 1 aliphatic heterocycles. The Bertz CT molecular complexity index is 295. The van der Waals surface area contributed by atoms with Gasteiger partial charge in [-0.15, -0.1) is 0 Å². The summed E-state index contributed by atoms with van der Waals surface area (Å²) in [6, 6.07) is 4.38. The van der Waals surface area contributed by atoms with Crippen molar-refractivity contribution >= 4 is 11.5 Å². The summed E-state index contributed by atoms with van der Waals surface area (Å²) < 4.78 is 0. The Morgan fingerprint density at radius 1 is 1.57 bits per heavy atom. The summed E-state index contributed by atoms with van der Waals surface area (Å²) in [4.78, 5) is 6.63. The van der Waals surface area contributed by atoms with Gasteiger partial charge in [0, 0.05) is 25.7 Å². The molecule has 0 aromatic carbocycles. The van der Waals surface area contributed by atoms with E-state index in [0.29, 0.717) is 6.04 Å².